The van der Waals surface area contributed by atoms with Crippen molar-refractivity contribution in [1.82, 2.24) is 0 Å². The molecule has 0 fully saturated rings. The Morgan fingerprint density at radius 2 is 1.21 bits per heavy atom. The molecule has 1 atom stereocenters. The number of Topliss-reactive ketones (excluding diaryl/α,β-unsaturated/α-hetero) is 1. The molecule has 1 aliphatic carbocycles. The predicted octanol–water partition coefficient (Wildman–Crippen LogP) is 12.5. The molecular weight excluding hydrogens is 508 g/mol. The fourth-order valence-corrected chi connectivity index (χ4v) is 4.47. The quantitative estimate of drug-likeness (QED) is 0.183. The van der Waals surface area contributed by atoms with E-state index in [1.54, 1.807) is 5.57 Å². The van der Waals surface area contributed by atoms with Crippen LogP contribution in [0.4, 0.5) is 0 Å². The summed E-state index contributed by atoms with van der Waals surface area (Å²) in [4.78, 5) is 11.8. The Kier molecular flexibility index (Phi) is 18.2. The number of rotatable bonds is 12. The highest BCUT2D eigenvalue weighted by Gasteiger charge is 2.14. The van der Waals surface area contributed by atoms with E-state index in [4.69, 9.17) is 0 Å². The van der Waals surface area contributed by atoms with Crippen LogP contribution in [0.3, 0.4) is 0 Å². The van der Waals surface area contributed by atoms with Gasteiger partial charge in [-0.2, -0.15) is 0 Å². The van der Waals surface area contributed by atoms with E-state index in [-0.39, 0.29) is 5.78 Å². The SMILES string of the molecule is CC.CCC(=O)c1ccc(/C=C/C(C)=C/C=C/C(C)=C/C=C/C=C(C)/C=C/C=C(C)/C=C/C2=C(C)CCCC2C)cc1. The maximum atomic E-state index is 11.8. The zero-order valence-corrected chi connectivity index (χ0v) is 27.7. The second kappa shape index (κ2) is 21.1. The Morgan fingerprint density at radius 3 is 1.71 bits per heavy atom. The summed E-state index contributed by atoms with van der Waals surface area (Å²) in [5.41, 5.74) is 9.76. The summed E-state index contributed by atoms with van der Waals surface area (Å²) in [6.07, 6.45) is 34.2. The minimum Gasteiger partial charge on any atom is -0.294 e. The van der Waals surface area contributed by atoms with Crippen LogP contribution in [0.15, 0.2) is 137 Å². The van der Waals surface area contributed by atoms with E-state index in [9.17, 15) is 4.79 Å². The van der Waals surface area contributed by atoms with Gasteiger partial charge in [0, 0.05) is 12.0 Å². The summed E-state index contributed by atoms with van der Waals surface area (Å²) >= 11 is 0. The smallest absolute Gasteiger partial charge is 0.162 e. The van der Waals surface area contributed by atoms with Crippen LogP contribution in [0.1, 0.15) is 104 Å². The molecule has 224 valence electrons. The van der Waals surface area contributed by atoms with Crippen LogP contribution in [-0.2, 0) is 0 Å². The second-order valence-electron chi connectivity index (χ2n) is 10.8. The molecule has 0 saturated heterocycles. The van der Waals surface area contributed by atoms with E-state index in [2.05, 4.69) is 127 Å². The fourth-order valence-electron chi connectivity index (χ4n) is 4.47. The standard InChI is InChI=1S/C39H48O.C2H6/c1-8-39(40)37-27-25-36(26-28-37)24-22-32(4)18-11-16-30(2)14-9-10-15-31(3)17-12-19-33(5)23-29-38-34(6)20-13-21-35(38)7;1-2/h9-12,14-19,22-29,34H,8,13,20-21H2,1-7H3;1-2H3/b10-9+,16-11+,17-12+,24-22+,29-23+,30-14+,31-15+,32-18+,33-19+;. The molecule has 0 bridgehead atoms. The van der Waals surface area contributed by atoms with E-state index in [0.29, 0.717) is 12.3 Å². The van der Waals surface area contributed by atoms with Crippen LogP contribution in [0, 0.1) is 5.92 Å². The third-order valence-electron chi connectivity index (χ3n) is 7.10. The van der Waals surface area contributed by atoms with Crippen LogP contribution in [-0.4, -0.2) is 5.78 Å². The number of carbonyl (C=O) groups excluding carboxylic acids is 1. The Bertz CT molecular complexity index is 1290. The molecule has 2 rings (SSSR count). The van der Waals surface area contributed by atoms with Gasteiger partial charge in [-0.25, -0.2) is 0 Å². The number of hydrogen-bond acceptors (Lipinski definition) is 1. The Labute approximate surface area is 257 Å². The molecule has 0 spiro atoms. The second-order valence-corrected chi connectivity index (χ2v) is 10.8. The first-order valence-corrected chi connectivity index (χ1v) is 15.6. The van der Waals surface area contributed by atoms with Gasteiger partial charge in [-0.1, -0.05) is 165 Å². The summed E-state index contributed by atoms with van der Waals surface area (Å²) < 4.78 is 0. The van der Waals surface area contributed by atoms with Crippen LogP contribution in [0.5, 0.6) is 0 Å². The Balaban J connectivity index is 0.00000431. The van der Waals surface area contributed by atoms with Crippen molar-refractivity contribution in [3.8, 4) is 0 Å². The van der Waals surface area contributed by atoms with Gasteiger partial charge in [0.2, 0.25) is 0 Å². The lowest BCUT2D eigenvalue weighted by molar-refractivity contribution is 0.0988. The van der Waals surface area contributed by atoms with Crippen molar-refractivity contribution >= 4 is 11.9 Å². The molecule has 1 heteroatoms. The van der Waals surface area contributed by atoms with Gasteiger partial charge in [0.1, 0.15) is 0 Å². The average Bonchev–Trinajstić information content (AvgIpc) is 2.99. The molecule has 0 N–H and O–H groups in total. The van der Waals surface area contributed by atoms with Crippen LogP contribution in [0.25, 0.3) is 6.08 Å². The fraction of sp³-hybridized carbons (Fsp3) is 0.341. The molecule has 1 aromatic rings. The Morgan fingerprint density at radius 1 is 0.738 bits per heavy atom. The van der Waals surface area contributed by atoms with Gasteiger partial charge >= 0.3 is 0 Å². The van der Waals surface area contributed by atoms with Crippen molar-refractivity contribution in [1.29, 1.82) is 0 Å². The summed E-state index contributed by atoms with van der Waals surface area (Å²) in [5, 5.41) is 0. The van der Waals surface area contributed by atoms with E-state index in [1.165, 1.54) is 41.6 Å². The summed E-state index contributed by atoms with van der Waals surface area (Å²) in [6, 6.07) is 7.77. The van der Waals surface area contributed by atoms with Crippen LogP contribution in [0.2, 0.25) is 0 Å². The molecule has 0 radical (unpaired) electrons. The number of hydrogen-bond donors (Lipinski definition) is 0. The molecule has 1 aromatic carbocycles. The van der Waals surface area contributed by atoms with Crippen molar-refractivity contribution in [2.45, 2.75) is 88.0 Å². The van der Waals surface area contributed by atoms with Crippen molar-refractivity contribution in [2.75, 3.05) is 0 Å². The number of allylic oxidation sites excluding steroid dienone is 19. The lowest BCUT2D eigenvalue weighted by atomic mass is 9.84. The van der Waals surface area contributed by atoms with Crippen molar-refractivity contribution in [3.05, 3.63) is 148 Å². The average molecular weight is 563 g/mol. The predicted molar refractivity (Wildman–Crippen MR) is 189 cm³/mol. The normalized spacial score (nSPS) is 17.8. The van der Waals surface area contributed by atoms with Gasteiger partial charge in [-0.15, -0.1) is 0 Å². The van der Waals surface area contributed by atoms with E-state index < -0.39 is 0 Å². The van der Waals surface area contributed by atoms with Crippen LogP contribution >= 0.6 is 0 Å². The number of benzene rings is 1. The van der Waals surface area contributed by atoms with Gasteiger partial charge in [0.05, 0.1) is 0 Å². The number of ketones is 1. The first kappa shape index (κ1) is 36.3. The summed E-state index contributed by atoms with van der Waals surface area (Å²) in [5.74, 6) is 0.855. The maximum absolute atomic E-state index is 11.8. The van der Waals surface area contributed by atoms with Crippen molar-refractivity contribution in [3.63, 3.8) is 0 Å². The van der Waals surface area contributed by atoms with E-state index in [0.717, 1.165) is 16.7 Å². The third-order valence-corrected chi connectivity index (χ3v) is 7.10. The van der Waals surface area contributed by atoms with E-state index >= 15 is 0 Å². The largest absolute Gasteiger partial charge is 0.294 e. The molecule has 1 unspecified atom stereocenters. The molecular formula is C41H54O. The molecule has 0 amide bonds. The lowest BCUT2D eigenvalue weighted by Crippen LogP contribution is -2.06. The summed E-state index contributed by atoms with van der Waals surface area (Å²) in [6.45, 7) is 19.0. The Hall–Kier alpha value is -3.71. The zero-order chi connectivity index (χ0) is 31.3. The molecule has 42 heavy (non-hydrogen) atoms. The lowest BCUT2D eigenvalue weighted by Gasteiger charge is -2.22. The molecule has 1 nitrogen and oxygen atoms in total. The molecule has 0 heterocycles. The maximum Gasteiger partial charge on any atom is 0.162 e. The first-order valence-electron chi connectivity index (χ1n) is 15.6. The highest BCUT2D eigenvalue weighted by molar-refractivity contribution is 5.96. The highest BCUT2D eigenvalue weighted by Crippen LogP contribution is 2.30. The van der Waals surface area contributed by atoms with Gasteiger partial charge in [-0.05, 0) is 70.9 Å². The molecule has 0 saturated carbocycles. The molecule has 0 aliphatic heterocycles. The molecule has 0 aromatic heterocycles. The zero-order valence-electron chi connectivity index (χ0n) is 27.7. The van der Waals surface area contributed by atoms with Gasteiger partial charge in [0.25, 0.3) is 0 Å². The minimum atomic E-state index is 0.178. The van der Waals surface area contributed by atoms with Crippen molar-refractivity contribution < 1.29 is 4.79 Å². The number of carbonyl (C=O) groups is 1. The van der Waals surface area contributed by atoms with Crippen molar-refractivity contribution in [2.24, 2.45) is 5.92 Å². The third kappa shape index (κ3) is 14.8. The highest BCUT2D eigenvalue weighted by atomic mass is 16.1. The monoisotopic (exact) mass is 562 g/mol. The van der Waals surface area contributed by atoms with E-state index in [1.807, 2.05) is 45.0 Å². The van der Waals surface area contributed by atoms with Gasteiger partial charge in [-0.3, -0.25) is 4.79 Å². The van der Waals surface area contributed by atoms with Gasteiger partial charge in [0.15, 0.2) is 5.78 Å². The summed E-state index contributed by atoms with van der Waals surface area (Å²) in [7, 11) is 0. The van der Waals surface area contributed by atoms with Gasteiger partial charge < -0.3 is 0 Å². The topological polar surface area (TPSA) is 17.1 Å². The minimum absolute atomic E-state index is 0.178. The molecule has 1 aliphatic rings. The van der Waals surface area contributed by atoms with Crippen LogP contribution < -0.4 is 0 Å². The first-order chi connectivity index (χ1) is 20.2.